The number of pyridine rings is 2. The van der Waals surface area contributed by atoms with Crippen molar-refractivity contribution in [3.05, 3.63) is 53.3 Å². The Balaban J connectivity index is 2.04. The van der Waals surface area contributed by atoms with Crippen LogP contribution >= 0.6 is 15.9 Å². The average Bonchev–Trinajstić information content (AvgIpc) is 2.53. The van der Waals surface area contributed by atoms with Gasteiger partial charge < -0.3 is 4.74 Å². The summed E-state index contributed by atoms with van der Waals surface area (Å²) in [6.45, 7) is 5.48. The number of benzene rings is 1. The number of fused-ring (bicyclic) bond motifs is 1. The predicted octanol–water partition coefficient (Wildman–Crippen LogP) is 5.41. The standard InChI is InChI=1S/C19H18BrN3O2/c1-19(2,3)25-18(24)23-17-10-16(12-4-6-13(20)7-5-12)22-15-8-9-21-11-14(15)17/h4-11H,1-3H3,(H,22,23,24). The Morgan fingerprint density at radius 2 is 1.88 bits per heavy atom. The molecule has 0 spiro atoms. The zero-order chi connectivity index (χ0) is 18.0. The number of nitrogens with one attached hydrogen (secondary N) is 1. The van der Waals surface area contributed by atoms with Gasteiger partial charge in [-0.15, -0.1) is 0 Å². The van der Waals surface area contributed by atoms with E-state index in [1.165, 1.54) is 0 Å². The second kappa shape index (κ2) is 6.80. The van der Waals surface area contributed by atoms with Gasteiger partial charge in [-0.1, -0.05) is 28.1 Å². The lowest BCUT2D eigenvalue weighted by molar-refractivity contribution is 0.0636. The van der Waals surface area contributed by atoms with Crippen LogP contribution in [-0.2, 0) is 4.74 Å². The first-order valence-corrected chi connectivity index (χ1v) is 8.62. The molecule has 0 aliphatic carbocycles. The molecule has 1 aromatic carbocycles. The third kappa shape index (κ3) is 4.33. The second-order valence-corrected chi connectivity index (χ2v) is 7.50. The van der Waals surface area contributed by atoms with Crippen LogP contribution in [0.4, 0.5) is 10.5 Å². The lowest BCUT2D eigenvalue weighted by atomic mass is 10.1. The van der Waals surface area contributed by atoms with E-state index in [4.69, 9.17) is 4.74 Å². The van der Waals surface area contributed by atoms with Gasteiger partial charge in [0.05, 0.1) is 16.9 Å². The zero-order valence-corrected chi connectivity index (χ0v) is 15.8. The van der Waals surface area contributed by atoms with E-state index in [0.29, 0.717) is 5.69 Å². The molecule has 128 valence electrons. The van der Waals surface area contributed by atoms with E-state index in [9.17, 15) is 4.79 Å². The molecule has 25 heavy (non-hydrogen) atoms. The summed E-state index contributed by atoms with van der Waals surface area (Å²) in [6.07, 6.45) is 2.85. The lowest BCUT2D eigenvalue weighted by Crippen LogP contribution is -2.27. The number of hydrogen-bond donors (Lipinski definition) is 1. The molecule has 2 heterocycles. The van der Waals surface area contributed by atoms with Crippen molar-refractivity contribution in [3.63, 3.8) is 0 Å². The number of amides is 1. The monoisotopic (exact) mass is 399 g/mol. The minimum Gasteiger partial charge on any atom is -0.444 e. The molecular weight excluding hydrogens is 382 g/mol. The highest BCUT2D eigenvalue weighted by Crippen LogP contribution is 2.29. The SMILES string of the molecule is CC(C)(C)OC(=O)Nc1cc(-c2ccc(Br)cc2)nc2ccncc12. The molecule has 3 aromatic rings. The Kier molecular flexibility index (Phi) is 4.72. The van der Waals surface area contributed by atoms with E-state index in [0.717, 1.165) is 26.6 Å². The number of hydrogen-bond acceptors (Lipinski definition) is 4. The fraction of sp³-hybridized carbons (Fsp3) is 0.211. The van der Waals surface area contributed by atoms with Crippen LogP contribution in [0.5, 0.6) is 0 Å². The maximum atomic E-state index is 12.2. The molecule has 0 aliphatic rings. The van der Waals surface area contributed by atoms with Crippen molar-refractivity contribution in [2.45, 2.75) is 26.4 Å². The van der Waals surface area contributed by atoms with Crippen LogP contribution in [0.3, 0.4) is 0 Å². The highest BCUT2D eigenvalue weighted by Gasteiger charge is 2.18. The Labute approximate surface area is 154 Å². The molecule has 3 rings (SSSR count). The molecule has 1 amide bonds. The molecule has 0 aliphatic heterocycles. The van der Waals surface area contributed by atoms with Crippen molar-refractivity contribution >= 4 is 38.6 Å². The van der Waals surface area contributed by atoms with Gasteiger partial charge in [-0.2, -0.15) is 0 Å². The third-order valence-electron chi connectivity index (χ3n) is 3.39. The first-order valence-electron chi connectivity index (χ1n) is 7.82. The molecule has 0 saturated heterocycles. The second-order valence-electron chi connectivity index (χ2n) is 6.58. The van der Waals surface area contributed by atoms with Gasteiger partial charge in [0.15, 0.2) is 0 Å². The summed E-state index contributed by atoms with van der Waals surface area (Å²) < 4.78 is 6.35. The van der Waals surface area contributed by atoms with Crippen molar-refractivity contribution < 1.29 is 9.53 Å². The molecule has 1 N–H and O–H groups in total. The van der Waals surface area contributed by atoms with Gasteiger partial charge in [0, 0.05) is 27.8 Å². The smallest absolute Gasteiger partial charge is 0.412 e. The Morgan fingerprint density at radius 3 is 2.56 bits per heavy atom. The van der Waals surface area contributed by atoms with Crippen LogP contribution < -0.4 is 5.32 Å². The number of halogens is 1. The number of ether oxygens (including phenoxy) is 1. The van der Waals surface area contributed by atoms with E-state index in [1.807, 2.05) is 57.2 Å². The molecule has 0 bridgehead atoms. The number of aromatic nitrogens is 2. The summed E-state index contributed by atoms with van der Waals surface area (Å²) >= 11 is 3.43. The number of carbonyl (C=O) groups excluding carboxylic acids is 1. The van der Waals surface area contributed by atoms with Crippen molar-refractivity contribution in [2.24, 2.45) is 0 Å². The maximum Gasteiger partial charge on any atom is 0.412 e. The first-order chi connectivity index (χ1) is 11.8. The quantitative estimate of drug-likeness (QED) is 0.625. The summed E-state index contributed by atoms with van der Waals surface area (Å²) in [7, 11) is 0. The fourth-order valence-corrected chi connectivity index (χ4v) is 2.62. The molecular formula is C19H18BrN3O2. The van der Waals surface area contributed by atoms with Crippen molar-refractivity contribution in [3.8, 4) is 11.3 Å². The van der Waals surface area contributed by atoms with Crippen molar-refractivity contribution in [1.82, 2.24) is 9.97 Å². The van der Waals surface area contributed by atoms with Crippen molar-refractivity contribution in [1.29, 1.82) is 0 Å². The summed E-state index contributed by atoms with van der Waals surface area (Å²) in [5.74, 6) is 0. The van der Waals surface area contributed by atoms with E-state index >= 15 is 0 Å². The summed E-state index contributed by atoms with van der Waals surface area (Å²) in [5, 5.41) is 3.57. The highest BCUT2D eigenvalue weighted by atomic mass is 79.9. The summed E-state index contributed by atoms with van der Waals surface area (Å²) in [5.41, 5.74) is 2.51. The van der Waals surface area contributed by atoms with E-state index in [-0.39, 0.29) is 0 Å². The Morgan fingerprint density at radius 1 is 1.16 bits per heavy atom. The van der Waals surface area contributed by atoms with Crippen LogP contribution in [-0.4, -0.2) is 21.7 Å². The van der Waals surface area contributed by atoms with Gasteiger partial charge in [0.25, 0.3) is 0 Å². The van der Waals surface area contributed by atoms with Crippen molar-refractivity contribution in [2.75, 3.05) is 5.32 Å². The number of anilines is 1. The van der Waals surface area contributed by atoms with Gasteiger partial charge in [-0.25, -0.2) is 9.78 Å². The largest absolute Gasteiger partial charge is 0.444 e. The molecule has 0 unspecified atom stereocenters. The fourth-order valence-electron chi connectivity index (χ4n) is 2.35. The topological polar surface area (TPSA) is 64.1 Å². The van der Waals surface area contributed by atoms with Gasteiger partial charge in [0.2, 0.25) is 0 Å². The molecule has 0 atom stereocenters. The maximum absolute atomic E-state index is 12.2. The summed E-state index contributed by atoms with van der Waals surface area (Å²) in [6, 6.07) is 11.5. The Bertz CT molecular complexity index is 918. The number of carbonyl (C=O) groups is 1. The predicted molar refractivity (Wildman–Crippen MR) is 103 cm³/mol. The summed E-state index contributed by atoms with van der Waals surface area (Å²) in [4.78, 5) is 21.0. The molecule has 0 fully saturated rings. The minimum absolute atomic E-state index is 0.509. The van der Waals surface area contributed by atoms with Crippen LogP contribution in [0.25, 0.3) is 22.2 Å². The first kappa shape index (κ1) is 17.4. The molecule has 6 heteroatoms. The van der Waals surface area contributed by atoms with Crippen LogP contribution in [0, 0.1) is 0 Å². The Hall–Kier alpha value is -2.47. The zero-order valence-electron chi connectivity index (χ0n) is 14.2. The molecule has 2 aromatic heterocycles. The van der Waals surface area contributed by atoms with E-state index < -0.39 is 11.7 Å². The third-order valence-corrected chi connectivity index (χ3v) is 3.91. The lowest BCUT2D eigenvalue weighted by Gasteiger charge is -2.20. The van der Waals surface area contributed by atoms with Crippen LogP contribution in [0.1, 0.15) is 20.8 Å². The van der Waals surface area contributed by atoms with E-state index in [1.54, 1.807) is 12.4 Å². The number of rotatable bonds is 2. The molecule has 0 saturated carbocycles. The van der Waals surface area contributed by atoms with Gasteiger partial charge >= 0.3 is 6.09 Å². The van der Waals surface area contributed by atoms with Gasteiger partial charge in [-0.3, -0.25) is 10.3 Å². The molecule has 0 radical (unpaired) electrons. The van der Waals surface area contributed by atoms with Gasteiger partial charge in [0.1, 0.15) is 5.60 Å². The van der Waals surface area contributed by atoms with E-state index in [2.05, 4.69) is 31.2 Å². The number of nitrogens with zero attached hydrogens (tertiary/aromatic N) is 2. The van der Waals surface area contributed by atoms with Crippen LogP contribution in [0.15, 0.2) is 53.3 Å². The average molecular weight is 400 g/mol. The molecule has 5 nitrogen and oxygen atoms in total. The normalized spacial score (nSPS) is 11.4. The van der Waals surface area contributed by atoms with Crippen LogP contribution in [0.2, 0.25) is 0 Å². The minimum atomic E-state index is -0.570. The highest BCUT2D eigenvalue weighted by molar-refractivity contribution is 9.10. The van der Waals surface area contributed by atoms with Gasteiger partial charge in [-0.05, 0) is 45.0 Å².